The van der Waals surface area contributed by atoms with Crippen LogP contribution in [0.1, 0.15) is 25.5 Å². The monoisotopic (exact) mass is 247 g/mol. The molecule has 3 nitrogen and oxygen atoms in total. The molecule has 3 N–H and O–H groups in total. The quantitative estimate of drug-likeness (QED) is 0.858. The standard InChI is InChI=1S/C11H15ClFNO2/c1-3-16-11-8(12)4-7(5-9(11)13)10(14)6(2)15/h4-6,10,15H,3,14H2,1-2H3/t6-,10-/m1/s1. The van der Waals surface area contributed by atoms with E-state index in [1.807, 2.05) is 0 Å². The second-order valence-corrected chi connectivity index (χ2v) is 3.92. The average molecular weight is 248 g/mol. The van der Waals surface area contributed by atoms with Gasteiger partial charge in [-0.15, -0.1) is 0 Å². The topological polar surface area (TPSA) is 55.5 Å². The molecule has 1 aromatic carbocycles. The Hall–Kier alpha value is -0.840. The lowest BCUT2D eigenvalue weighted by Crippen LogP contribution is -2.23. The van der Waals surface area contributed by atoms with E-state index < -0.39 is 18.0 Å². The molecule has 0 spiro atoms. The van der Waals surface area contributed by atoms with Crippen LogP contribution in [0.2, 0.25) is 5.02 Å². The van der Waals surface area contributed by atoms with E-state index in [-0.39, 0.29) is 10.8 Å². The number of rotatable bonds is 4. The summed E-state index contributed by atoms with van der Waals surface area (Å²) in [5.41, 5.74) is 6.13. The van der Waals surface area contributed by atoms with Gasteiger partial charge in [0.2, 0.25) is 0 Å². The molecule has 0 heterocycles. The van der Waals surface area contributed by atoms with Crippen LogP contribution in [0, 0.1) is 5.82 Å². The Labute approximate surface area is 99.0 Å². The van der Waals surface area contributed by atoms with E-state index >= 15 is 0 Å². The van der Waals surface area contributed by atoms with Crippen LogP contribution in [-0.2, 0) is 0 Å². The van der Waals surface area contributed by atoms with Gasteiger partial charge in [0.25, 0.3) is 0 Å². The molecule has 0 saturated heterocycles. The summed E-state index contributed by atoms with van der Waals surface area (Å²) in [6, 6.07) is 2.07. The predicted octanol–water partition coefficient (Wildman–Crippen LogP) is 2.26. The van der Waals surface area contributed by atoms with E-state index in [0.717, 1.165) is 0 Å². The summed E-state index contributed by atoms with van der Waals surface area (Å²) >= 11 is 5.86. The second-order valence-electron chi connectivity index (χ2n) is 3.51. The number of ether oxygens (including phenoxy) is 1. The van der Waals surface area contributed by atoms with Crippen molar-refractivity contribution in [1.82, 2.24) is 0 Å². The number of aliphatic hydroxyl groups is 1. The highest BCUT2D eigenvalue weighted by molar-refractivity contribution is 6.32. The molecule has 0 aromatic heterocycles. The average Bonchev–Trinajstić information content (AvgIpc) is 2.21. The fourth-order valence-corrected chi connectivity index (χ4v) is 1.60. The first-order valence-corrected chi connectivity index (χ1v) is 5.40. The smallest absolute Gasteiger partial charge is 0.173 e. The molecule has 0 saturated carbocycles. The minimum atomic E-state index is -0.770. The number of nitrogens with two attached hydrogens (primary N) is 1. The number of halogens is 2. The maximum atomic E-state index is 13.6. The Morgan fingerprint density at radius 3 is 2.62 bits per heavy atom. The van der Waals surface area contributed by atoms with Crippen LogP contribution in [0.3, 0.4) is 0 Å². The molecule has 0 unspecified atom stereocenters. The van der Waals surface area contributed by atoms with E-state index in [4.69, 9.17) is 22.1 Å². The number of benzene rings is 1. The summed E-state index contributed by atoms with van der Waals surface area (Å²) in [4.78, 5) is 0. The Kier molecular flexibility index (Phi) is 4.53. The number of aliphatic hydroxyl groups excluding tert-OH is 1. The third kappa shape index (κ3) is 2.84. The van der Waals surface area contributed by atoms with Crippen molar-refractivity contribution in [3.8, 4) is 5.75 Å². The Bertz CT molecular complexity index is 348. The lowest BCUT2D eigenvalue weighted by molar-refractivity contribution is 0.164. The molecule has 0 amide bonds. The van der Waals surface area contributed by atoms with E-state index in [1.165, 1.54) is 19.1 Å². The molecular formula is C11H15ClFNO2. The largest absolute Gasteiger partial charge is 0.489 e. The molecular weight excluding hydrogens is 233 g/mol. The van der Waals surface area contributed by atoms with Crippen molar-refractivity contribution < 1.29 is 14.2 Å². The van der Waals surface area contributed by atoms with Gasteiger partial charge in [-0.05, 0) is 31.5 Å². The van der Waals surface area contributed by atoms with Crippen LogP contribution >= 0.6 is 11.6 Å². The maximum Gasteiger partial charge on any atom is 0.173 e. The van der Waals surface area contributed by atoms with Gasteiger partial charge in [-0.2, -0.15) is 0 Å². The summed E-state index contributed by atoms with van der Waals surface area (Å²) in [5, 5.41) is 9.47. The molecule has 1 rings (SSSR count). The van der Waals surface area contributed by atoms with Gasteiger partial charge in [-0.25, -0.2) is 4.39 Å². The molecule has 2 atom stereocenters. The maximum absolute atomic E-state index is 13.6. The normalized spacial score (nSPS) is 14.6. The van der Waals surface area contributed by atoms with E-state index in [9.17, 15) is 9.50 Å². The zero-order chi connectivity index (χ0) is 12.3. The van der Waals surface area contributed by atoms with E-state index in [2.05, 4.69) is 0 Å². The van der Waals surface area contributed by atoms with Crippen LogP contribution in [0.5, 0.6) is 5.75 Å². The molecule has 0 fully saturated rings. The lowest BCUT2D eigenvalue weighted by atomic mass is 10.0. The first kappa shape index (κ1) is 13.2. The minimum absolute atomic E-state index is 0.0192. The predicted molar refractivity (Wildman–Crippen MR) is 61.2 cm³/mol. The summed E-state index contributed by atoms with van der Waals surface area (Å²) in [7, 11) is 0. The fraction of sp³-hybridized carbons (Fsp3) is 0.455. The minimum Gasteiger partial charge on any atom is -0.489 e. The molecule has 0 bridgehead atoms. The molecule has 0 aliphatic heterocycles. The van der Waals surface area contributed by atoms with Crippen LogP contribution < -0.4 is 10.5 Å². The number of hydrogen-bond acceptors (Lipinski definition) is 3. The Morgan fingerprint density at radius 2 is 2.19 bits per heavy atom. The fourth-order valence-electron chi connectivity index (χ4n) is 1.33. The van der Waals surface area contributed by atoms with Crippen molar-refractivity contribution >= 4 is 11.6 Å². The van der Waals surface area contributed by atoms with Crippen molar-refractivity contribution in [3.05, 3.63) is 28.5 Å². The van der Waals surface area contributed by atoms with Gasteiger partial charge in [0.05, 0.1) is 23.8 Å². The zero-order valence-corrected chi connectivity index (χ0v) is 9.96. The second kappa shape index (κ2) is 5.48. The van der Waals surface area contributed by atoms with Crippen LogP contribution in [0.25, 0.3) is 0 Å². The van der Waals surface area contributed by atoms with Gasteiger partial charge in [0, 0.05) is 0 Å². The summed E-state index contributed by atoms with van der Waals surface area (Å²) in [5.74, 6) is -0.550. The van der Waals surface area contributed by atoms with Crippen molar-refractivity contribution in [1.29, 1.82) is 0 Å². The lowest BCUT2D eigenvalue weighted by Gasteiger charge is -2.17. The van der Waals surface area contributed by atoms with E-state index in [1.54, 1.807) is 6.92 Å². The summed E-state index contributed by atoms with van der Waals surface area (Å²) < 4.78 is 18.6. The third-order valence-corrected chi connectivity index (χ3v) is 2.49. The highest BCUT2D eigenvalue weighted by Crippen LogP contribution is 2.31. The van der Waals surface area contributed by atoms with Gasteiger partial charge in [0.1, 0.15) is 0 Å². The highest BCUT2D eigenvalue weighted by Gasteiger charge is 2.17. The third-order valence-electron chi connectivity index (χ3n) is 2.21. The van der Waals surface area contributed by atoms with Gasteiger partial charge in [-0.1, -0.05) is 11.6 Å². The van der Waals surface area contributed by atoms with Crippen LogP contribution in [-0.4, -0.2) is 17.8 Å². The molecule has 1 aromatic rings. The Morgan fingerprint density at radius 1 is 1.56 bits per heavy atom. The van der Waals surface area contributed by atoms with Crippen molar-refractivity contribution in [2.45, 2.75) is 26.0 Å². The van der Waals surface area contributed by atoms with Crippen molar-refractivity contribution in [2.75, 3.05) is 6.61 Å². The zero-order valence-electron chi connectivity index (χ0n) is 9.21. The first-order valence-electron chi connectivity index (χ1n) is 5.02. The Balaban J connectivity index is 3.09. The molecule has 16 heavy (non-hydrogen) atoms. The van der Waals surface area contributed by atoms with Gasteiger partial charge in [-0.3, -0.25) is 0 Å². The van der Waals surface area contributed by atoms with Gasteiger partial charge >= 0.3 is 0 Å². The van der Waals surface area contributed by atoms with Gasteiger partial charge in [0.15, 0.2) is 11.6 Å². The van der Waals surface area contributed by atoms with Crippen molar-refractivity contribution in [3.63, 3.8) is 0 Å². The van der Waals surface area contributed by atoms with Crippen LogP contribution in [0.15, 0.2) is 12.1 Å². The summed E-state index contributed by atoms with van der Waals surface area (Å²) in [6.45, 7) is 3.61. The SMILES string of the molecule is CCOc1c(F)cc([C@H](N)[C@@H](C)O)cc1Cl. The molecule has 90 valence electrons. The van der Waals surface area contributed by atoms with Crippen molar-refractivity contribution in [2.24, 2.45) is 5.73 Å². The molecule has 5 heteroatoms. The molecule has 0 aliphatic carbocycles. The summed E-state index contributed by atoms with van der Waals surface area (Å²) in [6.07, 6.45) is -0.770. The highest BCUT2D eigenvalue weighted by atomic mass is 35.5. The van der Waals surface area contributed by atoms with E-state index in [0.29, 0.717) is 12.2 Å². The molecule has 0 aliphatic rings. The number of hydrogen-bond donors (Lipinski definition) is 2. The van der Waals surface area contributed by atoms with Gasteiger partial charge < -0.3 is 15.6 Å². The molecule has 0 radical (unpaired) electrons. The van der Waals surface area contributed by atoms with Crippen LogP contribution in [0.4, 0.5) is 4.39 Å². The first-order chi connectivity index (χ1) is 7.47.